The predicted molar refractivity (Wildman–Crippen MR) is 78.9 cm³/mol. The Morgan fingerprint density at radius 2 is 1.69 bits per heavy atom. The van der Waals surface area contributed by atoms with E-state index in [9.17, 15) is 31.1 Å². The second-order valence-corrected chi connectivity index (χ2v) is 5.88. The fraction of sp³-hybridized carbons (Fsp3) is 0.562. The maximum absolute atomic E-state index is 12.5. The van der Waals surface area contributed by atoms with Crippen molar-refractivity contribution in [3.05, 3.63) is 29.8 Å². The van der Waals surface area contributed by atoms with Crippen molar-refractivity contribution in [3.8, 4) is 5.75 Å². The molecular weight excluding hydrogens is 368 g/mol. The number of ether oxygens (including phenoxy) is 2. The second kappa shape index (κ2) is 7.63. The standard InChI is InChI=1S/C16H17F6NO3/c1-25-12-4-2-3-11(9-12)10-5-7-23(8-6-10)14(24)26-13(15(17,18)19)16(20,21)22/h2-4,9-10,13H,5-8H2,1H3. The molecule has 1 saturated heterocycles. The van der Waals surface area contributed by atoms with Crippen LogP contribution in [0.15, 0.2) is 24.3 Å². The summed E-state index contributed by atoms with van der Waals surface area (Å²) in [7, 11) is 1.51. The lowest BCUT2D eigenvalue weighted by Gasteiger charge is -2.33. The molecule has 0 atom stereocenters. The molecule has 1 aliphatic heterocycles. The third-order valence-corrected chi connectivity index (χ3v) is 4.13. The number of rotatable bonds is 3. The Hall–Kier alpha value is -2.13. The highest BCUT2D eigenvalue weighted by Crippen LogP contribution is 2.37. The van der Waals surface area contributed by atoms with E-state index in [0.29, 0.717) is 18.6 Å². The van der Waals surface area contributed by atoms with Gasteiger partial charge >= 0.3 is 18.4 Å². The molecule has 0 aromatic heterocycles. The Kier molecular flexibility index (Phi) is 5.92. The lowest BCUT2D eigenvalue weighted by Crippen LogP contribution is -2.49. The molecule has 0 bridgehead atoms. The number of amides is 1. The molecular formula is C16H17F6NO3. The molecule has 0 N–H and O–H groups in total. The average Bonchev–Trinajstić information content (AvgIpc) is 2.57. The van der Waals surface area contributed by atoms with E-state index < -0.39 is 24.5 Å². The summed E-state index contributed by atoms with van der Waals surface area (Å²) >= 11 is 0. The van der Waals surface area contributed by atoms with Gasteiger partial charge in [-0.15, -0.1) is 0 Å². The minimum Gasteiger partial charge on any atom is -0.497 e. The van der Waals surface area contributed by atoms with Crippen molar-refractivity contribution in [2.24, 2.45) is 0 Å². The van der Waals surface area contributed by atoms with Gasteiger partial charge in [0.15, 0.2) is 0 Å². The summed E-state index contributed by atoms with van der Waals surface area (Å²) in [4.78, 5) is 12.6. The van der Waals surface area contributed by atoms with Gasteiger partial charge in [0.2, 0.25) is 0 Å². The summed E-state index contributed by atoms with van der Waals surface area (Å²) < 4.78 is 83.7. The molecule has 2 rings (SSSR count). The summed E-state index contributed by atoms with van der Waals surface area (Å²) in [5.41, 5.74) is 0.931. The molecule has 0 spiro atoms. The minimum atomic E-state index is -5.72. The lowest BCUT2D eigenvalue weighted by molar-refractivity contribution is -0.308. The third-order valence-electron chi connectivity index (χ3n) is 4.13. The normalized spacial score (nSPS) is 16.7. The molecule has 0 saturated carbocycles. The Morgan fingerprint density at radius 3 is 2.19 bits per heavy atom. The number of methoxy groups -OCH3 is 1. The molecule has 1 aromatic carbocycles. The van der Waals surface area contributed by atoms with E-state index in [1.165, 1.54) is 7.11 Å². The number of nitrogens with zero attached hydrogens (tertiary/aromatic N) is 1. The molecule has 1 aromatic rings. The number of likely N-dealkylation sites (tertiary alicyclic amines) is 1. The van der Waals surface area contributed by atoms with Crippen molar-refractivity contribution in [2.75, 3.05) is 20.2 Å². The van der Waals surface area contributed by atoms with Gasteiger partial charge in [0.25, 0.3) is 6.10 Å². The molecule has 1 amide bonds. The van der Waals surface area contributed by atoms with Gasteiger partial charge in [0.05, 0.1) is 7.11 Å². The monoisotopic (exact) mass is 385 g/mol. The summed E-state index contributed by atoms with van der Waals surface area (Å²) in [6.07, 6.45) is -16.4. The third kappa shape index (κ3) is 4.95. The zero-order chi connectivity index (χ0) is 19.5. The molecule has 1 heterocycles. The molecule has 4 nitrogen and oxygen atoms in total. The highest BCUT2D eigenvalue weighted by molar-refractivity contribution is 5.68. The van der Waals surface area contributed by atoms with Gasteiger partial charge < -0.3 is 14.4 Å². The minimum absolute atomic E-state index is 0.00312. The molecule has 1 fully saturated rings. The number of carbonyl (C=O) groups is 1. The van der Waals surface area contributed by atoms with Gasteiger partial charge in [-0.1, -0.05) is 12.1 Å². The molecule has 0 aliphatic carbocycles. The van der Waals surface area contributed by atoms with Gasteiger partial charge in [-0.25, -0.2) is 4.79 Å². The molecule has 26 heavy (non-hydrogen) atoms. The zero-order valence-corrected chi connectivity index (χ0v) is 13.7. The van der Waals surface area contributed by atoms with E-state index in [0.717, 1.165) is 10.5 Å². The summed E-state index contributed by atoms with van der Waals surface area (Å²) in [6, 6.07) is 7.20. The van der Waals surface area contributed by atoms with Gasteiger partial charge in [0.1, 0.15) is 5.75 Å². The number of halogens is 6. The zero-order valence-electron chi connectivity index (χ0n) is 13.7. The SMILES string of the molecule is COc1cccc(C2CCN(C(=O)OC(C(F)(F)F)C(F)(F)F)CC2)c1. The van der Waals surface area contributed by atoms with Crippen molar-refractivity contribution in [1.29, 1.82) is 0 Å². The van der Waals surface area contributed by atoms with E-state index in [-0.39, 0.29) is 19.0 Å². The van der Waals surface area contributed by atoms with Crippen LogP contribution in [-0.4, -0.2) is 49.6 Å². The van der Waals surface area contributed by atoms with Crippen molar-refractivity contribution in [3.63, 3.8) is 0 Å². The van der Waals surface area contributed by atoms with Gasteiger partial charge in [-0.3, -0.25) is 0 Å². The van der Waals surface area contributed by atoms with Crippen LogP contribution in [-0.2, 0) is 4.74 Å². The molecule has 10 heteroatoms. The first-order chi connectivity index (χ1) is 12.0. The average molecular weight is 385 g/mol. The van der Waals surface area contributed by atoms with E-state index in [2.05, 4.69) is 4.74 Å². The number of alkyl halides is 6. The van der Waals surface area contributed by atoms with Gasteiger partial charge in [-0.05, 0) is 36.5 Å². The van der Waals surface area contributed by atoms with Crippen LogP contribution >= 0.6 is 0 Å². The maximum atomic E-state index is 12.5. The lowest BCUT2D eigenvalue weighted by atomic mass is 9.89. The maximum Gasteiger partial charge on any atom is 0.434 e. The molecule has 146 valence electrons. The molecule has 0 radical (unpaired) electrons. The fourth-order valence-electron chi connectivity index (χ4n) is 2.79. The van der Waals surface area contributed by atoms with Gasteiger partial charge in [0, 0.05) is 13.1 Å². The first-order valence-electron chi connectivity index (χ1n) is 7.75. The first-order valence-corrected chi connectivity index (χ1v) is 7.75. The Labute approximate surface area is 145 Å². The molecule has 0 unspecified atom stereocenters. The van der Waals surface area contributed by atoms with Crippen LogP contribution in [0.3, 0.4) is 0 Å². The van der Waals surface area contributed by atoms with Crippen LogP contribution < -0.4 is 4.74 Å². The van der Waals surface area contributed by atoms with E-state index in [4.69, 9.17) is 4.74 Å². The smallest absolute Gasteiger partial charge is 0.434 e. The number of hydrogen-bond acceptors (Lipinski definition) is 3. The van der Waals surface area contributed by atoms with Crippen molar-refractivity contribution in [2.45, 2.75) is 37.2 Å². The summed E-state index contributed by atoms with van der Waals surface area (Å²) in [5, 5.41) is 0. The van der Waals surface area contributed by atoms with Crippen molar-refractivity contribution >= 4 is 6.09 Å². The number of hydrogen-bond donors (Lipinski definition) is 0. The van der Waals surface area contributed by atoms with Crippen LogP contribution in [0, 0.1) is 0 Å². The van der Waals surface area contributed by atoms with Crippen LogP contribution in [0.5, 0.6) is 5.75 Å². The first kappa shape index (κ1) is 20.2. The summed E-state index contributed by atoms with van der Waals surface area (Å²) in [6.45, 7) is 0.00624. The van der Waals surface area contributed by atoms with E-state index in [1.54, 1.807) is 12.1 Å². The quantitative estimate of drug-likeness (QED) is 0.719. The number of benzene rings is 1. The van der Waals surface area contributed by atoms with Crippen molar-refractivity contribution < 1.29 is 40.6 Å². The Bertz CT molecular complexity index is 609. The highest BCUT2D eigenvalue weighted by atomic mass is 19.4. The fourth-order valence-corrected chi connectivity index (χ4v) is 2.79. The van der Waals surface area contributed by atoms with Crippen LogP contribution in [0.25, 0.3) is 0 Å². The second-order valence-electron chi connectivity index (χ2n) is 5.88. The van der Waals surface area contributed by atoms with E-state index >= 15 is 0 Å². The topological polar surface area (TPSA) is 38.8 Å². The molecule has 1 aliphatic rings. The Balaban J connectivity index is 1.97. The summed E-state index contributed by atoms with van der Waals surface area (Å²) in [5.74, 6) is 0.665. The van der Waals surface area contributed by atoms with E-state index in [1.807, 2.05) is 12.1 Å². The number of piperidine rings is 1. The Morgan fingerprint density at radius 1 is 1.12 bits per heavy atom. The highest BCUT2D eigenvalue weighted by Gasteiger charge is 2.60. The van der Waals surface area contributed by atoms with Crippen molar-refractivity contribution in [1.82, 2.24) is 4.90 Å². The largest absolute Gasteiger partial charge is 0.497 e. The van der Waals surface area contributed by atoms with Crippen LogP contribution in [0.4, 0.5) is 31.1 Å². The van der Waals surface area contributed by atoms with Crippen LogP contribution in [0.2, 0.25) is 0 Å². The van der Waals surface area contributed by atoms with Crippen LogP contribution in [0.1, 0.15) is 24.3 Å². The number of carbonyl (C=O) groups excluding carboxylic acids is 1. The predicted octanol–water partition coefficient (Wildman–Crippen LogP) is 4.50. The van der Waals surface area contributed by atoms with Gasteiger partial charge in [-0.2, -0.15) is 26.3 Å².